The van der Waals surface area contributed by atoms with E-state index in [-0.39, 0.29) is 38.1 Å². The first-order valence-corrected chi connectivity index (χ1v) is 18.3. The van der Waals surface area contributed by atoms with Gasteiger partial charge in [0.1, 0.15) is 30.2 Å². The van der Waals surface area contributed by atoms with E-state index in [0.29, 0.717) is 38.6 Å². The Morgan fingerprint density at radius 2 is 1.46 bits per heavy atom. The Balaban J connectivity index is 3.07. The molecule has 0 radical (unpaired) electrons. The molecule has 1 rings (SSSR count). The molecule has 7 amide bonds. The van der Waals surface area contributed by atoms with Gasteiger partial charge in [-0.1, -0.05) is 34.1 Å². The fourth-order valence-corrected chi connectivity index (χ4v) is 5.80. The maximum absolute atomic E-state index is 13.6. The summed E-state index contributed by atoms with van der Waals surface area (Å²) in [6.07, 6.45) is 1.32. The van der Waals surface area contributed by atoms with Crippen LogP contribution in [0.15, 0.2) is 0 Å². The van der Waals surface area contributed by atoms with Gasteiger partial charge < -0.3 is 58.9 Å². The van der Waals surface area contributed by atoms with E-state index in [0.717, 1.165) is 0 Å². The van der Waals surface area contributed by atoms with E-state index in [1.807, 2.05) is 0 Å². The highest BCUT2D eigenvalue weighted by Crippen LogP contribution is 2.19. The number of amides is 7. The highest BCUT2D eigenvalue weighted by molar-refractivity contribution is 5.96. The molecule has 0 saturated carbocycles. The molecule has 0 bridgehead atoms. The van der Waals surface area contributed by atoms with Gasteiger partial charge in [0.15, 0.2) is 0 Å². The first kappa shape index (κ1) is 47.2. The Morgan fingerprint density at radius 1 is 0.833 bits per heavy atom. The molecule has 20 nitrogen and oxygen atoms in total. The van der Waals surface area contributed by atoms with E-state index in [1.165, 1.54) is 4.90 Å². The lowest BCUT2D eigenvalue weighted by molar-refractivity contribution is -0.144. The fraction of sp³-hybridized carbons (Fsp3) is 0.735. The van der Waals surface area contributed by atoms with Crippen molar-refractivity contribution in [3.8, 4) is 0 Å². The average molecular weight is 770 g/mol. The van der Waals surface area contributed by atoms with Crippen LogP contribution in [0.4, 0.5) is 0 Å². The molecule has 0 aliphatic carbocycles. The predicted molar refractivity (Wildman–Crippen MR) is 194 cm³/mol. The van der Waals surface area contributed by atoms with Gasteiger partial charge in [-0.3, -0.25) is 38.4 Å². The molecule has 1 saturated heterocycles. The van der Waals surface area contributed by atoms with Crippen LogP contribution < -0.4 is 43.8 Å². The molecular weight excluding hydrogens is 710 g/mol. The molecule has 1 aliphatic heterocycles. The van der Waals surface area contributed by atoms with E-state index in [1.54, 1.807) is 27.7 Å². The lowest BCUT2D eigenvalue weighted by Crippen LogP contribution is -2.59. The molecule has 7 atom stereocenters. The number of primary amides is 1. The third kappa shape index (κ3) is 16.4. The van der Waals surface area contributed by atoms with Crippen molar-refractivity contribution in [1.29, 1.82) is 0 Å². The summed E-state index contributed by atoms with van der Waals surface area (Å²) in [5.41, 5.74) is 16.6. The summed E-state index contributed by atoms with van der Waals surface area (Å²) in [7, 11) is 0. The fourth-order valence-electron chi connectivity index (χ4n) is 5.80. The van der Waals surface area contributed by atoms with Gasteiger partial charge in [-0.25, -0.2) is 4.79 Å². The molecule has 306 valence electrons. The van der Waals surface area contributed by atoms with Crippen molar-refractivity contribution in [1.82, 2.24) is 31.5 Å². The van der Waals surface area contributed by atoms with Crippen LogP contribution in [0.25, 0.3) is 0 Å². The minimum atomic E-state index is -1.62. The topological polar surface area (TPSA) is 336 Å². The van der Waals surface area contributed by atoms with Crippen molar-refractivity contribution in [2.24, 2.45) is 29.0 Å². The van der Waals surface area contributed by atoms with Crippen molar-refractivity contribution < 1.29 is 53.4 Å². The zero-order chi connectivity index (χ0) is 41.1. The predicted octanol–water partition coefficient (Wildman–Crippen LogP) is -2.59. The molecule has 1 aliphatic rings. The molecule has 1 fully saturated rings. The van der Waals surface area contributed by atoms with Gasteiger partial charge in [0, 0.05) is 13.0 Å². The highest BCUT2D eigenvalue weighted by Gasteiger charge is 2.37. The Kier molecular flexibility index (Phi) is 20.7. The lowest BCUT2D eigenvalue weighted by atomic mass is 9.96. The van der Waals surface area contributed by atoms with E-state index < -0.39 is 108 Å². The first-order valence-electron chi connectivity index (χ1n) is 18.3. The van der Waals surface area contributed by atoms with Crippen LogP contribution in [0.2, 0.25) is 0 Å². The molecule has 0 aromatic heterocycles. The van der Waals surface area contributed by atoms with Gasteiger partial charge in [0.25, 0.3) is 0 Å². The number of carbonyl (C=O) groups excluding carboxylic acids is 7. The van der Waals surface area contributed by atoms with Crippen LogP contribution in [0.3, 0.4) is 0 Å². The average Bonchev–Trinajstić information content (AvgIpc) is 3.59. The Hall–Kier alpha value is -4.85. The van der Waals surface area contributed by atoms with E-state index in [2.05, 4.69) is 26.6 Å². The number of nitrogens with zero attached hydrogens (tertiary/aromatic N) is 1. The van der Waals surface area contributed by atoms with Crippen molar-refractivity contribution in [2.45, 2.75) is 128 Å². The molecule has 0 unspecified atom stereocenters. The maximum atomic E-state index is 13.6. The number of likely N-dealkylation sites (tertiary alicyclic amines) is 1. The number of carboxylic acids is 2. The summed E-state index contributed by atoms with van der Waals surface area (Å²) in [5.74, 6) is -8.41. The third-order valence-corrected chi connectivity index (χ3v) is 9.00. The van der Waals surface area contributed by atoms with Crippen LogP contribution >= 0.6 is 0 Å². The largest absolute Gasteiger partial charge is 0.481 e. The molecule has 0 aromatic carbocycles. The number of carboxylic acid groups (broad SMARTS) is 2. The second-order valence-electron chi connectivity index (χ2n) is 14.0. The van der Waals surface area contributed by atoms with Gasteiger partial charge >= 0.3 is 11.9 Å². The van der Waals surface area contributed by atoms with Crippen LogP contribution in [0.5, 0.6) is 0 Å². The quantitative estimate of drug-likeness (QED) is 0.0427. The highest BCUT2D eigenvalue weighted by atomic mass is 16.4. The first-order chi connectivity index (χ1) is 25.3. The van der Waals surface area contributed by atoms with Crippen LogP contribution in [0, 0.1) is 11.8 Å². The minimum Gasteiger partial charge on any atom is -0.481 e. The van der Waals surface area contributed by atoms with Crippen molar-refractivity contribution in [2.75, 3.05) is 19.6 Å². The molecule has 20 heteroatoms. The maximum Gasteiger partial charge on any atom is 0.326 e. The monoisotopic (exact) mass is 769 g/mol. The second-order valence-corrected chi connectivity index (χ2v) is 14.0. The van der Waals surface area contributed by atoms with Gasteiger partial charge in [-0.2, -0.15) is 0 Å². The smallest absolute Gasteiger partial charge is 0.326 e. The van der Waals surface area contributed by atoms with E-state index in [9.17, 15) is 48.3 Å². The lowest BCUT2D eigenvalue weighted by Gasteiger charge is -2.29. The molecule has 0 spiro atoms. The number of aliphatic carboxylic acids is 2. The van der Waals surface area contributed by atoms with Crippen LogP contribution in [0.1, 0.15) is 91.9 Å². The number of nitrogens with one attached hydrogen (secondary N) is 5. The number of carbonyl (C=O) groups is 9. The minimum absolute atomic E-state index is 0.103. The molecule has 1 heterocycles. The van der Waals surface area contributed by atoms with Gasteiger partial charge in [-0.15, -0.1) is 0 Å². The van der Waals surface area contributed by atoms with Crippen LogP contribution in [-0.4, -0.2) is 124 Å². The zero-order valence-electron chi connectivity index (χ0n) is 31.6. The number of hydrogen-bond acceptors (Lipinski definition) is 11. The summed E-state index contributed by atoms with van der Waals surface area (Å²) in [6.45, 7) is 7.03. The Morgan fingerprint density at radius 3 is 2.02 bits per heavy atom. The SMILES string of the molecule is CC[C@H](C)[C@H](NC(=O)[C@H](CC(C)C)NC(=O)[C@H](CCCCN)NC(=O)CNC(=O)[C@@H]1CCCN1C(=O)[C@@H](N)CCC(=O)O)C(=O)N[C@@H](CC(N)=O)C(=O)O. The summed E-state index contributed by atoms with van der Waals surface area (Å²) in [4.78, 5) is 114. The summed E-state index contributed by atoms with van der Waals surface area (Å²) < 4.78 is 0. The van der Waals surface area contributed by atoms with Crippen molar-refractivity contribution >= 4 is 53.3 Å². The summed E-state index contributed by atoms with van der Waals surface area (Å²) >= 11 is 0. The summed E-state index contributed by atoms with van der Waals surface area (Å²) in [5, 5.41) is 30.9. The molecule has 54 heavy (non-hydrogen) atoms. The summed E-state index contributed by atoms with van der Waals surface area (Å²) in [6, 6.07) is -7.22. The van der Waals surface area contributed by atoms with Gasteiger partial charge in [0.2, 0.25) is 41.4 Å². The van der Waals surface area contributed by atoms with Gasteiger partial charge in [-0.05, 0) is 63.3 Å². The third-order valence-electron chi connectivity index (χ3n) is 9.00. The van der Waals surface area contributed by atoms with Crippen LogP contribution in [-0.2, 0) is 43.2 Å². The Bertz CT molecular complexity index is 1350. The number of hydrogen-bond donors (Lipinski definition) is 10. The number of nitrogens with two attached hydrogens (primary N) is 3. The van der Waals surface area contributed by atoms with E-state index >= 15 is 0 Å². The Labute approximate surface area is 314 Å². The zero-order valence-corrected chi connectivity index (χ0v) is 31.6. The standard InChI is InChI=1S/C34H59N9O11/c1-5-19(4)28(32(51)41-23(34(53)54)16-25(37)44)42-30(49)22(15-18(2)3)40-29(48)21(9-6-7-13-35)39-26(45)17-38-31(50)24-10-8-14-43(24)33(52)20(36)11-12-27(46)47/h18-24,28H,5-17,35-36H2,1-4H3,(H2,37,44)(H,38,50)(H,39,45)(H,40,48)(H,41,51)(H,42,49)(H,46,47)(H,53,54)/t19-,20-,21-,22-,23-,24-,28-/m0/s1. The number of unbranched alkanes of at least 4 members (excludes halogenated alkanes) is 1. The van der Waals surface area contributed by atoms with E-state index in [4.69, 9.17) is 22.3 Å². The van der Waals surface area contributed by atoms with Gasteiger partial charge in [0.05, 0.1) is 19.0 Å². The second kappa shape index (κ2) is 23.7. The van der Waals surface area contributed by atoms with Crippen molar-refractivity contribution in [3.63, 3.8) is 0 Å². The number of rotatable bonds is 25. The molecule has 0 aromatic rings. The molecule has 13 N–H and O–H groups in total. The van der Waals surface area contributed by atoms with Crippen molar-refractivity contribution in [3.05, 3.63) is 0 Å². The molecular formula is C34H59N9O11. The normalized spacial score (nSPS) is 17.2.